The molecule has 2 N–H and O–H groups in total. The van der Waals surface area contributed by atoms with Crippen molar-refractivity contribution < 1.29 is 18.3 Å². The van der Waals surface area contributed by atoms with Crippen molar-refractivity contribution in [1.82, 2.24) is 0 Å². The van der Waals surface area contributed by atoms with Crippen LogP contribution < -0.4 is 23.8 Å². The average molecular weight is 606 g/mol. The zero-order valence-corrected chi connectivity index (χ0v) is 24.5. The minimum Gasteiger partial charge on any atom is -0.496 e. The second-order valence-electron chi connectivity index (χ2n) is 8.12. The van der Waals surface area contributed by atoms with Gasteiger partial charge in [0, 0.05) is 22.3 Å². The largest absolute Gasteiger partial charge is 0.496 e. The summed E-state index contributed by atoms with van der Waals surface area (Å²) in [5.74, 6) is -0.835. The van der Waals surface area contributed by atoms with Crippen molar-refractivity contribution in [3.63, 3.8) is 0 Å². The fourth-order valence-corrected chi connectivity index (χ4v) is 9.59. The molecule has 5 rings (SSSR count). The van der Waals surface area contributed by atoms with Crippen molar-refractivity contribution in [2.75, 3.05) is 7.11 Å². The van der Waals surface area contributed by atoms with E-state index in [2.05, 4.69) is 10.8 Å². The number of hydrogen-bond acceptors (Lipinski definition) is 5. The second-order valence-corrected chi connectivity index (χ2v) is 16.8. The van der Waals surface area contributed by atoms with Crippen molar-refractivity contribution >= 4 is 50.3 Å². The Morgan fingerprint density at radius 3 is 1.74 bits per heavy atom. The maximum Gasteiger partial charge on any atom is 0.339 e. The molecule has 0 radical (unpaired) electrons. The molecule has 1 aliphatic heterocycles. The molecule has 12 heteroatoms. The number of benzene rings is 4. The molecule has 0 bridgehead atoms. The van der Waals surface area contributed by atoms with E-state index < -0.39 is 21.5 Å². The highest BCUT2D eigenvalue weighted by atomic mass is 35.9. The van der Waals surface area contributed by atoms with Crippen LogP contribution in [0.25, 0.3) is 22.3 Å². The fraction of sp³-hybridized carbons (Fsp3) is 0.0385. The predicted octanol–water partition coefficient (Wildman–Crippen LogP) is 9.68. The first-order chi connectivity index (χ1) is 18.2. The van der Waals surface area contributed by atoms with Gasteiger partial charge < -0.3 is 18.3 Å². The molecule has 196 valence electrons. The number of para-hydroxylation sites is 4. The number of methoxy groups -OCH3 is 1. The molecule has 0 spiro atoms. The van der Waals surface area contributed by atoms with Gasteiger partial charge in [-0.3, -0.25) is 5.50 Å². The van der Waals surface area contributed by atoms with Crippen molar-refractivity contribution in [2.24, 2.45) is 14.5 Å². The van der Waals surface area contributed by atoms with Crippen LogP contribution in [0.2, 0.25) is 0 Å². The number of rotatable bonds is 6. The Morgan fingerprint density at radius 2 is 1.21 bits per heavy atom. The zero-order chi connectivity index (χ0) is 26.8. The fourth-order valence-electron chi connectivity index (χ4n) is 3.95. The van der Waals surface area contributed by atoms with Gasteiger partial charge in [0.15, 0.2) is 0 Å². The molecule has 7 nitrogen and oxygen atoms in total. The van der Waals surface area contributed by atoms with Crippen molar-refractivity contribution in [1.29, 1.82) is 0 Å². The Bertz CT molecular complexity index is 1580. The standard InChI is InChI=1S/C26H24Cl2N3O4P3/c1-32-23-15-7-3-11-19(23)20-12-4-8-16-24(20)33-36(31-38(27,28)29)30-37(2)34-25-17-9-5-13-21(25)22-14-6-10-18-26(22)35-37/h3-18,36H,2,29H2,1H3. The number of nitrogens with two attached hydrogens (primary N) is 1. The number of fused-ring (bicyclic) bond motifs is 3. The molecule has 1 atom stereocenters. The molecule has 0 aliphatic carbocycles. The summed E-state index contributed by atoms with van der Waals surface area (Å²) in [7, 11) is -4.19. The Hall–Kier alpha value is -2.62. The van der Waals surface area contributed by atoms with E-state index in [1.807, 2.05) is 97.1 Å². The number of ether oxygens (including phenoxy) is 1. The van der Waals surface area contributed by atoms with Crippen LogP contribution in [0.5, 0.6) is 23.0 Å². The summed E-state index contributed by atoms with van der Waals surface area (Å²) in [4.78, 5) is 0. The molecule has 38 heavy (non-hydrogen) atoms. The van der Waals surface area contributed by atoms with E-state index in [1.165, 1.54) is 0 Å². The highest BCUT2D eigenvalue weighted by Gasteiger charge is 2.28. The molecule has 0 aromatic heterocycles. The van der Waals surface area contributed by atoms with Crippen molar-refractivity contribution in [2.45, 2.75) is 0 Å². The van der Waals surface area contributed by atoms with Gasteiger partial charge in [0.25, 0.3) is 0 Å². The molecule has 4 aromatic carbocycles. The quantitative estimate of drug-likeness (QED) is 0.221. The third kappa shape index (κ3) is 6.16. The van der Waals surface area contributed by atoms with Crippen LogP contribution in [-0.2, 0) is 0 Å². The SMILES string of the molecule is C=P1(/N=[PH](\N=P(N)(Cl)Cl)Oc2ccccc2-c2ccccc2OC)Oc2ccccc2-c2ccccc2O1. The van der Waals surface area contributed by atoms with E-state index in [0.717, 1.165) is 22.3 Å². The summed E-state index contributed by atoms with van der Waals surface area (Å²) >= 11 is 12.4. The zero-order valence-electron chi connectivity index (χ0n) is 20.2. The highest BCUT2D eigenvalue weighted by molar-refractivity contribution is 8.10. The summed E-state index contributed by atoms with van der Waals surface area (Å²) in [5.41, 5.74) is 9.31. The molecule has 1 unspecified atom stereocenters. The predicted molar refractivity (Wildman–Crippen MR) is 162 cm³/mol. The molecular weight excluding hydrogens is 582 g/mol. The molecule has 1 aliphatic rings. The minimum atomic E-state index is -3.23. The molecule has 0 fully saturated rings. The van der Waals surface area contributed by atoms with E-state index in [-0.39, 0.29) is 0 Å². The first-order valence-electron chi connectivity index (χ1n) is 11.4. The van der Waals surface area contributed by atoms with Crippen LogP contribution in [0.1, 0.15) is 0 Å². The lowest BCUT2D eigenvalue weighted by Crippen LogP contribution is -1.97. The van der Waals surface area contributed by atoms with Crippen LogP contribution in [0.4, 0.5) is 0 Å². The Morgan fingerprint density at radius 1 is 0.763 bits per heavy atom. The van der Waals surface area contributed by atoms with Gasteiger partial charge in [-0.2, -0.15) is 9.03 Å². The summed E-state index contributed by atoms with van der Waals surface area (Å²) in [5, 5.41) is 0. The van der Waals surface area contributed by atoms with Crippen LogP contribution in [0.15, 0.2) is 106 Å². The average Bonchev–Trinajstić information content (AvgIpc) is 3.01. The lowest BCUT2D eigenvalue weighted by molar-refractivity contribution is 0.416. The molecule has 0 amide bonds. The third-order valence-electron chi connectivity index (χ3n) is 5.49. The van der Waals surface area contributed by atoms with E-state index >= 15 is 0 Å². The first kappa shape index (κ1) is 27.0. The smallest absolute Gasteiger partial charge is 0.339 e. The van der Waals surface area contributed by atoms with E-state index in [0.29, 0.717) is 23.0 Å². The van der Waals surface area contributed by atoms with Gasteiger partial charge in [-0.1, -0.05) is 72.8 Å². The Labute approximate surface area is 231 Å². The molecular formula is C26H24Cl2N3O4P3. The third-order valence-corrected chi connectivity index (χ3v) is 11.9. The molecule has 0 saturated heterocycles. The number of halogens is 2. The number of hydrogen-bond donors (Lipinski definition) is 1. The normalized spacial score (nSPS) is 14.6. The van der Waals surface area contributed by atoms with Gasteiger partial charge in [-0.25, -0.2) is 0 Å². The summed E-state index contributed by atoms with van der Waals surface area (Å²) in [6, 6.07) is 30.3. The lowest BCUT2D eigenvalue weighted by atomic mass is 10.0. The lowest BCUT2D eigenvalue weighted by Gasteiger charge is -2.22. The molecule has 1 heterocycles. The van der Waals surface area contributed by atoms with Gasteiger partial charge >= 0.3 is 7.49 Å². The van der Waals surface area contributed by atoms with E-state index in [9.17, 15) is 0 Å². The summed E-state index contributed by atoms with van der Waals surface area (Å²) in [6.07, 6.45) is 4.26. The van der Waals surface area contributed by atoms with Gasteiger partial charge in [0.1, 0.15) is 23.0 Å². The monoisotopic (exact) mass is 605 g/mol. The Kier molecular flexibility index (Phi) is 7.98. The number of nitrogens with zero attached hydrogens (tertiary/aromatic N) is 2. The maximum atomic E-state index is 6.38. The topological polar surface area (TPSA) is 87.7 Å². The van der Waals surface area contributed by atoms with Crippen LogP contribution >= 0.6 is 44.0 Å². The highest BCUT2D eigenvalue weighted by Crippen LogP contribution is 2.64. The minimum absolute atomic E-state index is 0.502. The summed E-state index contributed by atoms with van der Waals surface area (Å²) < 4.78 is 33.8. The van der Waals surface area contributed by atoms with Crippen LogP contribution in [-0.4, -0.2) is 13.4 Å². The van der Waals surface area contributed by atoms with Gasteiger partial charge in [0.2, 0.25) is 14.0 Å². The molecule has 4 aromatic rings. The van der Waals surface area contributed by atoms with Crippen LogP contribution in [0.3, 0.4) is 0 Å². The van der Waals surface area contributed by atoms with Gasteiger partial charge in [0.05, 0.1) is 7.11 Å². The second kappa shape index (κ2) is 11.2. The molecule has 0 saturated carbocycles. The van der Waals surface area contributed by atoms with Crippen LogP contribution in [0, 0.1) is 0 Å². The van der Waals surface area contributed by atoms with Gasteiger partial charge in [-0.15, -0.1) is 0 Å². The summed E-state index contributed by atoms with van der Waals surface area (Å²) in [6.45, 7) is 0. The Balaban J connectivity index is 1.62. The van der Waals surface area contributed by atoms with Crippen molar-refractivity contribution in [3.05, 3.63) is 97.1 Å². The van der Waals surface area contributed by atoms with Crippen molar-refractivity contribution in [3.8, 4) is 45.3 Å². The van der Waals surface area contributed by atoms with E-state index in [4.69, 9.17) is 50.8 Å². The maximum absolute atomic E-state index is 6.38. The van der Waals surface area contributed by atoms with Gasteiger partial charge in [-0.05, 0) is 53.0 Å². The first-order valence-corrected chi connectivity index (χ1v) is 18.0. The van der Waals surface area contributed by atoms with E-state index in [1.54, 1.807) is 7.11 Å².